The summed E-state index contributed by atoms with van der Waals surface area (Å²) < 4.78 is 11.1. The molecule has 150 valence electrons. The number of esters is 1. The maximum Gasteiger partial charge on any atom is 0.410 e. The predicted octanol–water partition coefficient (Wildman–Crippen LogP) is 4.50. The summed E-state index contributed by atoms with van der Waals surface area (Å²) in [6, 6.07) is 9.64. The smallest absolute Gasteiger partial charge is 0.410 e. The molecule has 1 unspecified atom stereocenters. The topological polar surface area (TPSA) is 55.8 Å². The van der Waals surface area contributed by atoms with Gasteiger partial charge < -0.3 is 14.4 Å². The molecule has 3 atom stereocenters. The Morgan fingerprint density at radius 2 is 1.93 bits per heavy atom. The lowest BCUT2D eigenvalue weighted by molar-refractivity contribution is -0.149. The van der Waals surface area contributed by atoms with Crippen LogP contribution in [0.3, 0.4) is 0 Å². The van der Waals surface area contributed by atoms with E-state index in [0.717, 1.165) is 18.4 Å². The van der Waals surface area contributed by atoms with Crippen LogP contribution in [0.5, 0.6) is 0 Å². The van der Waals surface area contributed by atoms with Crippen LogP contribution in [0.25, 0.3) is 0 Å². The van der Waals surface area contributed by atoms with Gasteiger partial charge in [-0.05, 0) is 45.4 Å². The fourth-order valence-electron chi connectivity index (χ4n) is 3.37. The Hall–Kier alpha value is -1.69. The highest BCUT2D eigenvalue weighted by Crippen LogP contribution is 2.33. The molecule has 27 heavy (non-hydrogen) atoms. The van der Waals surface area contributed by atoms with Gasteiger partial charge in [-0.15, -0.1) is 0 Å². The predicted molar refractivity (Wildman–Crippen MR) is 109 cm³/mol. The molecule has 0 saturated carbocycles. The number of nitrogens with zero attached hydrogens (tertiary/aromatic N) is 1. The molecule has 0 spiro atoms. The Kier molecular flexibility index (Phi) is 7.59. The van der Waals surface area contributed by atoms with Crippen molar-refractivity contribution in [1.82, 2.24) is 4.90 Å². The normalized spacial score (nSPS) is 19.4. The van der Waals surface area contributed by atoms with Crippen molar-refractivity contribution in [2.24, 2.45) is 5.92 Å². The zero-order valence-corrected chi connectivity index (χ0v) is 17.8. The molecule has 1 fully saturated rings. The van der Waals surface area contributed by atoms with E-state index in [-0.39, 0.29) is 35.9 Å². The van der Waals surface area contributed by atoms with Crippen LogP contribution in [0.4, 0.5) is 4.79 Å². The van der Waals surface area contributed by atoms with Crippen molar-refractivity contribution in [3.05, 3.63) is 35.9 Å². The van der Waals surface area contributed by atoms with Crippen LogP contribution < -0.4 is 0 Å². The average Bonchev–Trinajstić information content (AvgIpc) is 3.09. The molecule has 1 aliphatic heterocycles. The maximum absolute atomic E-state index is 12.6. The Balaban J connectivity index is 2.00. The van der Waals surface area contributed by atoms with Gasteiger partial charge in [0.25, 0.3) is 0 Å². The Bertz CT molecular complexity index is 629. The van der Waals surface area contributed by atoms with Crippen molar-refractivity contribution in [2.45, 2.75) is 64.0 Å². The second-order valence-electron chi connectivity index (χ2n) is 7.97. The van der Waals surface area contributed by atoms with E-state index < -0.39 is 5.60 Å². The molecule has 2 rings (SSSR count). The quantitative estimate of drug-likeness (QED) is 0.666. The van der Waals surface area contributed by atoms with E-state index in [2.05, 4.69) is 0 Å². The van der Waals surface area contributed by atoms with E-state index in [9.17, 15) is 9.59 Å². The van der Waals surface area contributed by atoms with Gasteiger partial charge in [0.2, 0.25) is 0 Å². The van der Waals surface area contributed by atoms with E-state index >= 15 is 0 Å². The Morgan fingerprint density at radius 3 is 2.52 bits per heavy atom. The number of ether oxygens (including phenoxy) is 2. The molecule has 1 aromatic rings. The van der Waals surface area contributed by atoms with Crippen LogP contribution in [-0.4, -0.2) is 46.7 Å². The Labute approximate surface area is 166 Å². The molecule has 5 nitrogen and oxygen atoms in total. The van der Waals surface area contributed by atoms with Crippen LogP contribution in [0.2, 0.25) is 0 Å². The van der Waals surface area contributed by atoms with Crippen LogP contribution >= 0.6 is 11.8 Å². The summed E-state index contributed by atoms with van der Waals surface area (Å²) in [6.07, 6.45) is 3.49. The molecular formula is C21H31NO4S. The van der Waals surface area contributed by atoms with Crippen LogP contribution in [0, 0.1) is 5.92 Å². The highest BCUT2D eigenvalue weighted by molar-refractivity contribution is 7.99. The van der Waals surface area contributed by atoms with Crippen molar-refractivity contribution in [1.29, 1.82) is 0 Å². The molecule has 1 aliphatic rings. The monoisotopic (exact) mass is 393 g/mol. The van der Waals surface area contributed by atoms with Gasteiger partial charge in [-0.1, -0.05) is 37.3 Å². The summed E-state index contributed by atoms with van der Waals surface area (Å²) in [5.74, 6) is -0.536. The number of carbonyl (C=O) groups is 2. The summed E-state index contributed by atoms with van der Waals surface area (Å²) in [7, 11) is 0. The van der Waals surface area contributed by atoms with Crippen molar-refractivity contribution >= 4 is 23.8 Å². The van der Waals surface area contributed by atoms with E-state index in [4.69, 9.17) is 9.47 Å². The van der Waals surface area contributed by atoms with E-state index in [0.29, 0.717) is 6.54 Å². The number of amides is 1. The van der Waals surface area contributed by atoms with Gasteiger partial charge >= 0.3 is 12.1 Å². The summed E-state index contributed by atoms with van der Waals surface area (Å²) >= 11 is 1.61. The molecule has 0 bridgehead atoms. The molecule has 0 N–H and O–H groups in total. The fraction of sp³-hybridized carbons (Fsp3) is 0.619. The molecule has 0 aromatic heterocycles. The minimum absolute atomic E-state index is 0.0193. The van der Waals surface area contributed by atoms with Gasteiger partial charge in [0, 0.05) is 17.8 Å². The highest BCUT2D eigenvalue weighted by Gasteiger charge is 2.41. The average molecular weight is 394 g/mol. The zero-order chi connectivity index (χ0) is 20.0. The van der Waals surface area contributed by atoms with E-state index in [1.807, 2.05) is 64.3 Å². The Morgan fingerprint density at radius 1 is 1.26 bits per heavy atom. The number of thioether (sulfide) groups is 1. The third kappa shape index (κ3) is 6.16. The van der Waals surface area contributed by atoms with Crippen molar-refractivity contribution < 1.29 is 19.1 Å². The van der Waals surface area contributed by atoms with Gasteiger partial charge in [0.15, 0.2) is 0 Å². The number of hydrogen-bond donors (Lipinski definition) is 0. The molecule has 1 amide bonds. The minimum atomic E-state index is -0.528. The molecule has 0 radical (unpaired) electrons. The van der Waals surface area contributed by atoms with Gasteiger partial charge in [0.05, 0.1) is 5.92 Å². The lowest BCUT2D eigenvalue weighted by Gasteiger charge is -2.34. The van der Waals surface area contributed by atoms with Crippen LogP contribution in [-0.2, 0) is 20.9 Å². The lowest BCUT2D eigenvalue weighted by Crippen LogP contribution is -2.47. The van der Waals surface area contributed by atoms with E-state index in [1.54, 1.807) is 16.7 Å². The summed E-state index contributed by atoms with van der Waals surface area (Å²) in [6.45, 7) is 8.43. The molecule has 0 aliphatic carbocycles. The van der Waals surface area contributed by atoms with Crippen LogP contribution in [0.1, 0.15) is 46.1 Å². The minimum Gasteiger partial charge on any atom is -0.461 e. The van der Waals surface area contributed by atoms with Crippen molar-refractivity contribution in [2.75, 3.05) is 12.8 Å². The first kappa shape index (κ1) is 21.6. The maximum atomic E-state index is 12.6. The zero-order valence-electron chi connectivity index (χ0n) is 16.9. The number of rotatable bonds is 6. The third-order valence-electron chi connectivity index (χ3n) is 4.67. The number of carbonyl (C=O) groups excluding carboxylic acids is 2. The highest BCUT2D eigenvalue weighted by atomic mass is 32.2. The summed E-state index contributed by atoms with van der Waals surface area (Å²) in [4.78, 5) is 27.0. The first-order valence-electron chi connectivity index (χ1n) is 9.46. The molecular weight excluding hydrogens is 362 g/mol. The molecule has 1 heterocycles. The first-order chi connectivity index (χ1) is 12.7. The molecule has 6 heteroatoms. The second kappa shape index (κ2) is 9.49. The van der Waals surface area contributed by atoms with E-state index in [1.165, 1.54) is 0 Å². The van der Waals surface area contributed by atoms with Gasteiger partial charge in [-0.2, -0.15) is 11.8 Å². The lowest BCUT2D eigenvalue weighted by atomic mass is 9.99. The number of benzene rings is 1. The second-order valence-corrected chi connectivity index (χ2v) is 8.98. The van der Waals surface area contributed by atoms with Crippen LogP contribution in [0.15, 0.2) is 30.3 Å². The van der Waals surface area contributed by atoms with Gasteiger partial charge in [0.1, 0.15) is 12.2 Å². The SMILES string of the molecule is CS[C@@H](C1CCCN1C(=O)OC(C)(C)C)[C@@H](C)C(=O)OCc1ccccc1. The van der Waals surface area contributed by atoms with Gasteiger partial charge in [-0.3, -0.25) is 4.79 Å². The first-order valence-corrected chi connectivity index (χ1v) is 10.7. The van der Waals surface area contributed by atoms with Gasteiger partial charge in [-0.25, -0.2) is 4.79 Å². The molecule has 1 saturated heterocycles. The standard InChI is InChI=1S/C21H31NO4S/c1-15(19(23)25-14-16-10-7-6-8-11-16)18(27-5)17-12-9-13-22(17)20(24)26-21(2,3)4/h6-8,10-11,15,17-18H,9,12-14H2,1-5H3/t15-,17?,18-/m1/s1. The number of hydrogen-bond acceptors (Lipinski definition) is 5. The van der Waals surface area contributed by atoms with Crippen molar-refractivity contribution in [3.8, 4) is 0 Å². The summed E-state index contributed by atoms with van der Waals surface area (Å²) in [5.41, 5.74) is 0.439. The summed E-state index contributed by atoms with van der Waals surface area (Å²) in [5, 5.41) is -0.0247. The number of likely N-dealkylation sites (tertiary alicyclic amines) is 1. The fourth-order valence-corrected chi connectivity index (χ4v) is 4.49. The third-order valence-corrected chi connectivity index (χ3v) is 5.93. The molecule has 1 aromatic carbocycles. The van der Waals surface area contributed by atoms with Crippen molar-refractivity contribution in [3.63, 3.8) is 0 Å². The largest absolute Gasteiger partial charge is 0.461 e.